The fourth-order valence-electron chi connectivity index (χ4n) is 3.53. The van der Waals surface area contributed by atoms with Crippen molar-refractivity contribution in [1.82, 2.24) is 9.88 Å². The van der Waals surface area contributed by atoms with Gasteiger partial charge in [0, 0.05) is 19.3 Å². The van der Waals surface area contributed by atoms with E-state index in [1.54, 1.807) is 18.3 Å². The summed E-state index contributed by atoms with van der Waals surface area (Å²) in [7, 11) is 0. The molecule has 0 saturated carbocycles. The number of ether oxygens (including phenoxy) is 2. The Morgan fingerprint density at radius 1 is 1.04 bits per heavy atom. The molecule has 0 radical (unpaired) electrons. The predicted octanol–water partition coefficient (Wildman–Crippen LogP) is 4.05. The molecule has 0 spiro atoms. The van der Waals surface area contributed by atoms with Gasteiger partial charge in [0.05, 0.1) is 16.8 Å². The molecule has 2 aliphatic rings. The van der Waals surface area contributed by atoms with E-state index >= 15 is 0 Å². The molecule has 28 heavy (non-hydrogen) atoms. The number of allylic oxidation sites excluding steroid dienone is 1. The molecule has 3 heterocycles. The van der Waals surface area contributed by atoms with Crippen LogP contribution in [0.4, 0.5) is 0 Å². The van der Waals surface area contributed by atoms with Gasteiger partial charge < -0.3 is 9.47 Å². The summed E-state index contributed by atoms with van der Waals surface area (Å²) in [6.07, 6.45) is 3.57. The van der Waals surface area contributed by atoms with Gasteiger partial charge in [-0.2, -0.15) is 0 Å². The lowest BCUT2D eigenvalue weighted by Crippen LogP contribution is -2.32. The topological polar surface area (TPSA) is 51.7 Å². The van der Waals surface area contributed by atoms with Gasteiger partial charge >= 0.3 is 0 Å². The molecule has 0 atom stereocenters. The van der Waals surface area contributed by atoms with Crippen molar-refractivity contribution in [3.05, 3.63) is 95.0 Å². The highest BCUT2D eigenvalue weighted by Crippen LogP contribution is 2.42. The molecule has 5 heteroatoms. The van der Waals surface area contributed by atoms with Gasteiger partial charge in [0.2, 0.25) is 5.78 Å². The van der Waals surface area contributed by atoms with Gasteiger partial charge in [-0.25, -0.2) is 0 Å². The van der Waals surface area contributed by atoms with E-state index in [9.17, 15) is 4.79 Å². The van der Waals surface area contributed by atoms with Crippen LogP contribution in [0, 0.1) is 0 Å². The number of benzene rings is 2. The Hall–Kier alpha value is -3.44. The van der Waals surface area contributed by atoms with Crippen LogP contribution in [0.1, 0.15) is 27.2 Å². The lowest BCUT2D eigenvalue weighted by atomic mass is 10.0. The molecule has 2 aromatic carbocycles. The SMILES string of the molecule is O=C1/C(=C/c2ccccc2)Oc2c1ccc1c2CN(Cc2ccccn2)CO1. The molecule has 0 saturated heterocycles. The molecular formula is C23H18N2O3. The number of carbonyl (C=O) groups is 1. The molecule has 0 aliphatic carbocycles. The monoisotopic (exact) mass is 370 g/mol. The van der Waals surface area contributed by atoms with Crippen molar-refractivity contribution < 1.29 is 14.3 Å². The van der Waals surface area contributed by atoms with E-state index < -0.39 is 0 Å². The van der Waals surface area contributed by atoms with Crippen LogP contribution in [0.25, 0.3) is 6.08 Å². The Morgan fingerprint density at radius 2 is 1.89 bits per heavy atom. The van der Waals surface area contributed by atoms with E-state index in [4.69, 9.17) is 9.47 Å². The van der Waals surface area contributed by atoms with E-state index in [0.717, 1.165) is 22.6 Å². The number of ketones is 1. The van der Waals surface area contributed by atoms with Crippen LogP contribution in [-0.4, -0.2) is 22.4 Å². The number of aromatic nitrogens is 1. The first-order valence-corrected chi connectivity index (χ1v) is 9.18. The summed E-state index contributed by atoms with van der Waals surface area (Å²) in [5, 5.41) is 0. The molecule has 0 fully saturated rings. The number of hydrogen-bond donors (Lipinski definition) is 0. The van der Waals surface area contributed by atoms with Crippen molar-refractivity contribution in [2.75, 3.05) is 6.73 Å². The third-order valence-electron chi connectivity index (χ3n) is 4.89. The van der Waals surface area contributed by atoms with Crippen molar-refractivity contribution in [1.29, 1.82) is 0 Å². The number of nitrogens with zero attached hydrogens (tertiary/aromatic N) is 2. The third kappa shape index (κ3) is 3.06. The van der Waals surface area contributed by atoms with Crippen molar-refractivity contribution in [3.8, 4) is 11.5 Å². The van der Waals surface area contributed by atoms with Crippen molar-refractivity contribution >= 4 is 11.9 Å². The zero-order valence-electron chi connectivity index (χ0n) is 15.2. The van der Waals surface area contributed by atoms with Crippen LogP contribution >= 0.6 is 0 Å². The fourth-order valence-corrected chi connectivity index (χ4v) is 3.53. The Balaban J connectivity index is 1.44. The van der Waals surface area contributed by atoms with Gasteiger partial charge in [-0.05, 0) is 35.9 Å². The lowest BCUT2D eigenvalue weighted by molar-refractivity contribution is 0.0861. The smallest absolute Gasteiger partial charge is 0.231 e. The van der Waals surface area contributed by atoms with Crippen LogP contribution in [0.3, 0.4) is 0 Å². The Labute approximate surface area is 162 Å². The van der Waals surface area contributed by atoms with Crippen LogP contribution < -0.4 is 9.47 Å². The number of rotatable bonds is 3. The van der Waals surface area contributed by atoms with Crippen molar-refractivity contribution in [2.45, 2.75) is 13.1 Å². The lowest BCUT2D eigenvalue weighted by Gasteiger charge is -2.29. The van der Waals surface area contributed by atoms with Gasteiger partial charge in [-0.3, -0.25) is 14.7 Å². The van der Waals surface area contributed by atoms with Crippen LogP contribution in [0.2, 0.25) is 0 Å². The summed E-state index contributed by atoms with van der Waals surface area (Å²) in [6, 6.07) is 19.2. The number of carbonyl (C=O) groups excluding carboxylic acids is 1. The number of Topliss-reactive ketones (excluding diaryl/α,β-unsaturated/α-hetero) is 1. The standard InChI is InChI=1S/C23H18N2O3/c26-22-18-9-10-20-19(14-25(15-27-20)13-17-8-4-5-11-24-17)23(18)28-21(22)12-16-6-2-1-3-7-16/h1-12H,13-15H2/b21-12-. The van der Waals surface area contributed by atoms with Crippen LogP contribution in [-0.2, 0) is 13.1 Å². The minimum atomic E-state index is -0.0940. The molecule has 5 rings (SSSR count). The molecule has 0 amide bonds. The highest BCUT2D eigenvalue weighted by Gasteiger charge is 2.33. The second kappa shape index (κ2) is 6.94. The Bertz CT molecular complexity index is 1060. The molecule has 138 valence electrons. The van der Waals surface area contributed by atoms with Gasteiger partial charge in [-0.1, -0.05) is 36.4 Å². The first-order valence-electron chi connectivity index (χ1n) is 9.18. The second-order valence-corrected chi connectivity index (χ2v) is 6.85. The number of hydrogen-bond acceptors (Lipinski definition) is 5. The van der Waals surface area contributed by atoms with E-state index in [1.165, 1.54) is 0 Å². The molecule has 5 nitrogen and oxygen atoms in total. The first kappa shape index (κ1) is 16.7. The number of fused-ring (bicyclic) bond motifs is 3. The van der Waals surface area contributed by atoms with Crippen molar-refractivity contribution in [2.24, 2.45) is 0 Å². The van der Waals surface area contributed by atoms with E-state index in [2.05, 4.69) is 9.88 Å². The maximum atomic E-state index is 12.8. The second-order valence-electron chi connectivity index (χ2n) is 6.85. The quantitative estimate of drug-likeness (QED) is 0.651. The maximum Gasteiger partial charge on any atom is 0.231 e. The summed E-state index contributed by atoms with van der Waals surface area (Å²) < 4.78 is 11.9. The zero-order chi connectivity index (χ0) is 18.9. The minimum Gasteiger partial charge on any atom is -0.478 e. The van der Waals surface area contributed by atoms with E-state index in [-0.39, 0.29) is 5.78 Å². The normalized spacial score (nSPS) is 17.0. The van der Waals surface area contributed by atoms with E-state index in [0.29, 0.717) is 36.9 Å². The zero-order valence-corrected chi connectivity index (χ0v) is 15.2. The predicted molar refractivity (Wildman–Crippen MR) is 105 cm³/mol. The Kier molecular flexibility index (Phi) is 4.14. The first-order chi connectivity index (χ1) is 13.8. The molecular weight excluding hydrogens is 352 g/mol. The summed E-state index contributed by atoms with van der Waals surface area (Å²) in [6.45, 7) is 1.79. The van der Waals surface area contributed by atoms with Gasteiger partial charge in [0.15, 0.2) is 5.76 Å². The van der Waals surface area contributed by atoms with E-state index in [1.807, 2.05) is 54.6 Å². The summed E-state index contributed by atoms with van der Waals surface area (Å²) in [5.74, 6) is 1.63. The van der Waals surface area contributed by atoms with Crippen LogP contribution in [0.15, 0.2) is 72.6 Å². The van der Waals surface area contributed by atoms with Gasteiger partial charge in [0.25, 0.3) is 0 Å². The molecule has 0 N–H and O–H groups in total. The molecule has 0 unspecified atom stereocenters. The maximum absolute atomic E-state index is 12.8. The van der Waals surface area contributed by atoms with Crippen molar-refractivity contribution in [3.63, 3.8) is 0 Å². The summed E-state index contributed by atoms with van der Waals surface area (Å²) in [4.78, 5) is 19.3. The average Bonchev–Trinajstić information content (AvgIpc) is 3.05. The van der Waals surface area contributed by atoms with Gasteiger partial charge in [-0.15, -0.1) is 0 Å². The minimum absolute atomic E-state index is 0.0940. The molecule has 1 aromatic heterocycles. The van der Waals surface area contributed by atoms with Crippen LogP contribution in [0.5, 0.6) is 11.5 Å². The Morgan fingerprint density at radius 3 is 2.71 bits per heavy atom. The summed E-state index contributed by atoms with van der Waals surface area (Å²) >= 11 is 0. The molecule has 2 aliphatic heterocycles. The van der Waals surface area contributed by atoms with Gasteiger partial charge in [0.1, 0.15) is 18.2 Å². The molecule has 0 bridgehead atoms. The highest BCUT2D eigenvalue weighted by atomic mass is 16.5. The number of pyridine rings is 1. The highest BCUT2D eigenvalue weighted by molar-refractivity contribution is 6.15. The molecule has 3 aromatic rings. The third-order valence-corrected chi connectivity index (χ3v) is 4.89. The fraction of sp³-hybridized carbons (Fsp3) is 0.130. The largest absolute Gasteiger partial charge is 0.478 e. The summed E-state index contributed by atoms with van der Waals surface area (Å²) in [5.41, 5.74) is 3.40. The average molecular weight is 370 g/mol.